The van der Waals surface area contributed by atoms with Crippen LogP contribution in [0.2, 0.25) is 0 Å². The Morgan fingerprint density at radius 2 is 2.04 bits per heavy atom. The van der Waals surface area contributed by atoms with E-state index in [1.807, 2.05) is 56.7 Å². The molecular weight excluding hydrogens is 316 g/mol. The summed E-state index contributed by atoms with van der Waals surface area (Å²) < 4.78 is 7.13. The number of hydrogen-bond donors (Lipinski definition) is 2. The van der Waals surface area contributed by atoms with Crippen LogP contribution in [0.4, 0.5) is 11.6 Å². The average Bonchev–Trinajstić information content (AvgIpc) is 3.22. The molecule has 25 heavy (non-hydrogen) atoms. The third-order valence-corrected chi connectivity index (χ3v) is 3.98. The quantitative estimate of drug-likeness (QED) is 0.598. The highest BCUT2D eigenvalue weighted by Crippen LogP contribution is 2.32. The summed E-state index contributed by atoms with van der Waals surface area (Å²) in [5, 5.41) is 16.7. The van der Waals surface area contributed by atoms with Crippen molar-refractivity contribution in [1.29, 1.82) is 0 Å². The van der Waals surface area contributed by atoms with Gasteiger partial charge >= 0.3 is 0 Å². The van der Waals surface area contributed by atoms with Crippen molar-refractivity contribution in [2.45, 2.75) is 6.92 Å². The molecule has 0 saturated heterocycles. The summed E-state index contributed by atoms with van der Waals surface area (Å²) in [6.45, 7) is 1.96. The molecule has 1 aromatic carbocycles. The molecule has 7 heteroatoms. The van der Waals surface area contributed by atoms with Gasteiger partial charge in [0.15, 0.2) is 5.82 Å². The minimum Gasteiger partial charge on any atom is -0.497 e. The van der Waals surface area contributed by atoms with Crippen molar-refractivity contribution < 1.29 is 4.74 Å². The molecule has 4 aromatic rings. The summed E-state index contributed by atoms with van der Waals surface area (Å²) in [5.74, 6) is 2.24. The van der Waals surface area contributed by atoms with Crippen LogP contribution in [0, 0.1) is 6.92 Å². The Kier molecular flexibility index (Phi) is 3.61. The fourth-order valence-corrected chi connectivity index (χ4v) is 2.80. The van der Waals surface area contributed by atoms with Gasteiger partial charge in [0.2, 0.25) is 0 Å². The number of rotatable bonds is 4. The minimum atomic E-state index is 0.714. The van der Waals surface area contributed by atoms with Crippen LogP contribution in [0.3, 0.4) is 0 Å². The Labute approximate surface area is 144 Å². The summed E-state index contributed by atoms with van der Waals surface area (Å²) in [6.07, 6.45) is 3.77. The maximum atomic E-state index is 5.36. The standard InChI is InChI=1S/C18H18N6O/c1-11-6-17(23-22-11)20-16-8-12-7-14(25-3)4-5-15(12)18(21-16)13-9-19-24(2)10-13/h4-10H,1-3H3,(H2,20,21,22,23). The highest BCUT2D eigenvalue weighted by molar-refractivity contribution is 5.97. The van der Waals surface area contributed by atoms with Gasteiger partial charge in [0.25, 0.3) is 0 Å². The maximum Gasteiger partial charge on any atom is 0.153 e. The number of nitrogens with one attached hydrogen (secondary N) is 2. The number of hydrogen-bond acceptors (Lipinski definition) is 5. The largest absolute Gasteiger partial charge is 0.497 e. The average molecular weight is 334 g/mol. The van der Waals surface area contributed by atoms with Gasteiger partial charge in [-0.05, 0) is 36.6 Å². The zero-order valence-corrected chi connectivity index (χ0v) is 14.2. The molecule has 0 saturated carbocycles. The van der Waals surface area contributed by atoms with E-state index in [0.717, 1.165) is 39.3 Å². The molecule has 0 unspecified atom stereocenters. The monoisotopic (exact) mass is 334 g/mol. The number of ether oxygens (including phenoxy) is 1. The molecular formula is C18H18N6O. The van der Waals surface area contributed by atoms with E-state index >= 15 is 0 Å². The lowest BCUT2D eigenvalue weighted by Gasteiger charge is -2.10. The lowest BCUT2D eigenvalue weighted by Crippen LogP contribution is -1.97. The highest BCUT2D eigenvalue weighted by atomic mass is 16.5. The Morgan fingerprint density at radius 1 is 1.16 bits per heavy atom. The van der Waals surface area contributed by atoms with Crippen LogP contribution in [-0.2, 0) is 7.05 Å². The lowest BCUT2D eigenvalue weighted by molar-refractivity contribution is 0.415. The molecule has 3 heterocycles. The number of H-pyrrole nitrogens is 1. The summed E-state index contributed by atoms with van der Waals surface area (Å²) in [5.41, 5.74) is 2.81. The van der Waals surface area contributed by atoms with Gasteiger partial charge in [0.05, 0.1) is 19.0 Å². The van der Waals surface area contributed by atoms with Gasteiger partial charge in [0.1, 0.15) is 11.6 Å². The molecule has 7 nitrogen and oxygen atoms in total. The molecule has 0 amide bonds. The number of methoxy groups -OCH3 is 1. The zero-order valence-electron chi connectivity index (χ0n) is 14.2. The van der Waals surface area contributed by atoms with Crippen LogP contribution >= 0.6 is 0 Å². The van der Waals surface area contributed by atoms with E-state index in [1.54, 1.807) is 11.8 Å². The molecule has 0 aliphatic carbocycles. The van der Waals surface area contributed by atoms with Crippen LogP contribution < -0.4 is 10.1 Å². The van der Waals surface area contributed by atoms with Crippen LogP contribution in [0.15, 0.2) is 42.7 Å². The second-order valence-corrected chi connectivity index (χ2v) is 5.91. The van der Waals surface area contributed by atoms with E-state index in [2.05, 4.69) is 20.6 Å². The smallest absolute Gasteiger partial charge is 0.153 e. The van der Waals surface area contributed by atoms with Crippen molar-refractivity contribution in [2.75, 3.05) is 12.4 Å². The Bertz CT molecular complexity index is 1050. The molecule has 4 rings (SSSR count). The number of benzene rings is 1. The predicted molar refractivity (Wildman–Crippen MR) is 97.1 cm³/mol. The van der Waals surface area contributed by atoms with Crippen molar-refractivity contribution in [3.63, 3.8) is 0 Å². The molecule has 0 aliphatic rings. The van der Waals surface area contributed by atoms with Gasteiger partial charge in [0, 0.05) is 36.0 Å². The van der Waals surface area contributed by atoms with Crippen LogP contribution in [-0.4, -0.2) is 32.1 Å². The van der Waals surface area contributed by atoms with Crippen LogP contribution in [0.25, 0.3) is 22.0 Å². The van der Waals surface area contributed by atoms with E-state index in [-0.39, 0.29) is 0 Å². The molecule has 0 spiro atoms. The first kappa shape index (κ1) is 15.2. The highest BCUT2D eigenvalue weighted by Gasteiger charge is 2.12. The van der Waals surface area contributed by atoms with Gasteiger partial charge in [-0.2, -0.15) is 10.2 Å². The zero-order chi connectivity index (χ0) is 17.4. The number of anilines is 2. The lowest BCUT2D eigenvalue weighted by atomic mass is 10.1. The first-order chi connectivity index (χ1) is 12.1. The van der Waals surface area contributed by atoms with Crippen molar-refractivity contribution in [3.05, 3.63) is 48.4 Å². The molecule has 0 bridgehead atoms. The Morgan fingerprint density at radius 3 is 2.72 bits per heavy atom. The van der Waals surface area contributed by atoms with Crippen molar-refractivity contribution in [1.82, 2.24) is 25.0 Å². The van der Waals surface area contributed by atoms with Crippen molar-refractivity contribution in [2.24, 2.45) is 7.05 Å². The molecule has 2 N–H and O–H groups in total. The second-order valence-electron chi connectivity index (χ2n) is 5.91. The third-order valence-electron chi connectivity index (χ3n) is 3.98. The molecule has 0 radical (unpaired) electrons. The van der Waals surface area contributed by atoms with Crippen LogP contribution in [0.1, 0.15) is 5.69 Å². The van der Waals surface area contributed by atoms with E-state index in [1.165, 1.54) is 0 Å². The van der Waals surface area contributed by atoms with E-state index in [9.17, 15) is 0 Å². The molecule has 3 aromatic heterocycles. The second kappa shape index (κ2) is 5.94. The Balaban J connectivity index is 1.88. The van der Waals surface area contributed by atoms with Crippen molar-refractivity contribution in [3.8, 4) is 17.0 Å². The SMILES string of the molecule is COc1ccc2c(-c3cnn(C)c3)nc(Nc3cc(C)[nH]n3)cc2c1. The first-order valence-corrected chi connectivity index (χ1v) is 7.89. The normalized spacial score (nSPS) is 11.0. The van der Waals surface area contributed by atoms with E-state index in [0.29, 0.717) is 5.82 Å². The summed E-state index contributed by atoms with van der Waals surface area (Å²) in [4.78, 5) is 4.79. The molecule has 0 atom stereocenters. The number of aromatic amines is 1. The van der Waals surface area contributed by atoms with Gasteiger partial charge in [-0.15, -0.1) is 0 Å². The van der Waals surface area contributed by atoms with E-state index < -0.39 is 0 Å². The predicted octanol–water partition coefficient (Wildman–Crippen LogP) is 3.42. The summed E-state index contributed by atoms with van der Waals surface area (Å²) >= 11 is 0. The fourth-order valence-electron chi connectivity index (χ4n) is 2.80. The fraction of sp³-hybridized carbons (Fsp3) is 0.167. The van der Waals surface area contributed by atoms with Gasteiger partial charge in [-0.25, -0.2) is 4.98 Å². The molecule has 126 valence electrons. The maximum absolute atomic E-state index is 5.36. The number of aromatic nitrogens is 5. The number of nitrogens with zero attached hydrogens (tertiary/aromatic N) is 4. The topological polar surface area (TPSA) is 80.6 Å². The van der Waals surface area contributed by atoms with Crippen LogP contribution in [0.5, 0.6) is 5.75 Å². The number of aryl methyl sites for hydroxylation is 2. The van der Waals surface area contributed by atoms with Crippen molar-refractivity contribution >= 4 is 22.4 Å². The number of fused-ring (bicyclic) bond motifs is 1. The minimum absolute atomic E-state index is 0.714. The third kappa shape index (κ3) is 2.91. The summed E-state index contributed by atoms with van der Waals surface area (Å²) in [7, 11) is 3.55. The van der Waals surface area contributed by atoms with Gasteiger partial charge < -0.3 is 10.1 Å². The molecule has 0 aliphatic heterocycles. The number of pyridine rings is 1. The van der Waals surface area contributed by atoms with E-state index in [4.69, 9.17) is 9.72 Å². The summed E-state index contributed by atoms with van der Waals surface area (Å²) in [6, 6.07) is 9.88. The first-order valence-electron chi connectivity index (χ1n) is 7.89. The molecule has 0 fully saturated rings. The van der Waals surface area contributed by atoms with Gasteiger partial charge in [-0.3, -0.25) is 9.78 Å². The Hall–Kier alpha value is -3.35. The van der Waals surface area contributed by atoms with Gasteiger partial charge in [-0.1, -0.05) is 0 Å².